The zero-order chi connectivity index (χ0) is 37.4. The van der Waals surface area contributed by atoms with Gasteiger partial charge in [-0.3, -0.25) is 4.98 Å². The van der Waals surface area contributed by atoms with E-state index in [1.807, 2.05) is 36.4 Å². The number of nitriles is 1. The van der Waals surface area contributed by atoms with Gasteiger partial charge in [-0.15, -0.1) is 0 Å². The monoisotopic (exact) mass is 774 g/mol. The van der Waals surface area contributed by atoms with E-state index in [2.05, 4.69) is 33.4 Å². The average molecular weight is 776 g/mol. The van der Waals surface area contributed by atoms with E-state index in [-0.39, 0.29) is 25.4 Å². The van der Waals surface area contributed by atoms with Crippen molar-refractivity contribution in [2.75, 3.05) is 39.5 Å². The minimum Gasteiger partial charge on any atom is -0.492 e. The number of nitrogens with one attached hydrogen (secondary N) is 1. The lowest BCUT2D eigenvalue weighted by molar-refractivity contribution is -0.0281. The average Bonchev–Trinajstić information content (AvgIpc) is 3.60. The molecule has 3 aliphatic rings. The van der Waals surface area contributed by atoms with Gasteiger partial charge in [-0.2, -0.15) is 5.26 Å². The van der Waals surface area contributed by atoms with Gasteiger partial charge in [0.15, 0.2) is 0 Å². The van der Waals surface area contributed by atoms with Crippen molar-refractivity contribution in [3.8, 4) is 34.4 Å². The molecule has 1 aliphatic carbocycles. The van der Waals surface area contributed by atoms with Crippen LogP contribution in [0.5, 0.6) is 17.2 Å². The molecule has 0 amide bonds. The lowest BCUT2D eigenvalue weighted by Crippen LogP contribution is -2.46. The molecule has 2 N–H and O–H groups in total. The number of fused-ring (bicyclic) bond motifs is 1. The van der Waals surface area contributed by atoms with Crippen LogP contribution in [0.25, 0.3) is 11.1 Å². The van der Waals surface area contributed by atoms with Crippen molar-refractivity contribution >= 4 is 23.2 Å². The molecule has 54 heavy (non-hydrogen) atoms. The van der Waals surface area contributed by atoms with Crippen LogP contribution in [0.3, 0.4) is 0 Å². The molecule has 3 aromatic carbocycles. The van der Waals surface area contributed by atoms with Gasteiger partial charge < -0.3 is 34.3 Å². The number of alkyl halides is 1. The standard InChI is InChI=1S/C42H45Cl2FN4O5/c43-35-19-29(24-48-36-12-17-51-26-37(36)50)40(53-25-28-18-27(21-46)22-47-23-28)20-41(35)54-38-9-8-32-31(4-1-5-33(32)38)34-6-2-7-39(42(34)44)52-16-3-13-49-14-10-30(45)11-15-49/h1-2,4-7,18-20,22-23,30,36-38,48,50H,3,8-17,24-26H2/t36-,37+,38+/m1/s1. The minimum absolute atomic E-state index is 0.125. The van der Waals surface area contributed by atoms with Crippen LogP contribution in [0, 0.1) is 11.3 Å². The zero-order valence-electron chi connectivity index (χ0n) is 30.1. The minimum atomic E-state index is -0.672. The number of ether oxygens (including phenoxy) is 4. The van der Waals surface area contributed by atoms with E-state index in [9.17, 15) is 14.8 Å². The molecule has 7 rings (SSSR count). The number of nitrogens with zero attached hydrogens (tertiary/aromatic N) is 3. The maximum atomic E-state index is 13.5. The first-order valence-corrected chi connectivity index (χ1v) is 19.5. The molecule has 0 radical (unpaired) electrons. The van der Waals surface area contributed by atoms with Crippen molar-refractivity contribution in [3.05, 3.63) is 105 Å². The first kappa shape index (κ1) is 38.3. The van der Waals surface area contributed by atoms with Gasteiger partial charge in [0.05, 0.1) is 34.9 Å². The number of aliphatic hydroxyl groups excluding tert-OH is 1. The van der Waals surface area contributed by atoms with Gasteiger partial charge in [0, 0.05) is 74.0 Å². The Morgan fingerprint density at radius 1 is 0.981 bits per heavy atom. The van der Waals surface area contributed by atoms with Crippen molar-refractivity contribution in [2.24, 2.45) is 0 Å². The molecule has 4 aromatic rings. The fourth-order valence-electron chi connectivity index (χ4n) is 7.50. The number of rotatable bonds is 14. The van der Waals surface area contributed by atoms with Crippen molar-refractivity contribution in [3.63, 3.8) is 0 Å². The Bertz CT molecular complexity index is 1950. The normalized spacial score (nSPS) is 20.3. The number of likely N-dealkylation sites (tertiary alicyclic amines) is 1. The summed E-state index contributed by atoms with van der Waals surface area (Å²) in [7, 11) is 0. The van der Waals surface area contributed by atoms with Gasteiger partial charge in [-0.25, -0.2) is 4.39 Å². The highest BCUT2D eigenvalue weighted by molar-refractivity contribution is 6.35. The summed E-state index contributed by atoms with van der Waals surface area (Å²) in [5.41, 5.74) is 6.22. The Hall–Kier alpha value is -3.95. The Labute approximate surface area is 325 Å². The van der Waals surface area contributed by atoms with Crippen LogP contribution >= 0.6 is 23.2 Å². The number of pyridine rings is 1. The molecule has 2 saturated heterocycles. The molecule has 0 unspecified atom stereocenters. The van der Waals surface area contributed by atoms with Gasteiger partial charge in [-0.1, -0.05) is 53.5 Å². The summed E-state index contributed by atoms with van der Waals surface area (Å²) in [5, 5.41) is 24.3. The van der Waals surface area contributed by atoms with Crippen molar-refractivity contribution in [1.29, 1.82) is 5.26 Å². The summed E-state index contributed by atoms with van der Waals surface area (Å²) < 4.78 is 38.1. The van der Waals surface area contributed by atoms with E-state index >= 15 is 0 Å². The number of halogens is 3. The molecule has 12 heteroatoms. The SMILES string of the molecule is N#Cc1cncc(COc2cc(O[C@H]3CCc4c(-c5cccc(OCCCN6CCC(F)CC6)c5Cl)cccc43)c(Cl)cc2CN[C@@H]2CCOC[C@@H]2O)c1. The summed E-state index contributed by atoms with van der Waals surface area (Å²) in [5.74, 6) is 1.72. The highest BCUT2D eigenvalue weighted by Gasteiger charge is 2.29. The largest absolute Gasteiger partial charge is 0.492 e. The maximum absolute atomic E-state index is 13.5. The molecule has 0 spiro atoms. The Kier molecular flexibility index (Phi) is 12.9. The lowest BCUT2D eigenvalue weighted by atomic mass is 9.96. The van der Waals surface area contributed by atoms with Crippen LogP contribution in [0.4, 0.5) is 4.39 Å². The third kappa shape index (κ3) is 9.28. The summed E-state index contributed by atoms with van der Waals surface area (Å²) in [6, 6.07) is 19.5. The van der Waals surface area contributed by atoms with E-state index < -0.39 is 12.3 Å². The number of hydrogen-bond acceptors (Lipinski definition) is 9. The summed E-state index contributed by atoms with van der Waals surface area (Å²) in [6.07, 6.45) is 5.95. The molecule has 2 fully saturated rings. The van der Waals surface area contributed by atoms with Gasteiger partial charge in [0.1, 0.15) is 42.2 Å². The molecule has 1 aromatic heterocycles. The fraction of sp³-hybridized carbons (Fsp3) is 0.429. The van der Waals surface area contributed by atoms with Gasteiger partial charge in [0.2, 0.25) is 0 Å². The Morgan fingerprint density at radius 3 is 2.65 bits per heavy atom. The third-order valence-corrected chi connectivity index (χ3v) is 11.1. The second-order valence-electron chi connectivity index (χ2n) is 14.1. The van der Waals surface area contributed by atoms with Crippen LogP contribution in [0.2, 0.25) is 10.0 Å². The molecule has 3 heterocycles. The van der Waals surface area contributed by atoms with E-state index in [1.165, 1.54) is 11.8 Å². The van der Waals surface area contributed by atoms with Crippen molar-refractivity contribution in [1.82, 2.24) is 15.2 Å². The second-order valence-corrected chi connectivity index (χ2v) is 14.9. The molecule has 2 aliphatic heterocycles. The molecular weight excluding hydrogens is 730 g/mol. The smallest absolute Gasteiger partial charge is 0.142 e. The number of hydrogen-bond donors (Lipinski definition) is 2. The van der Waals surface area contributed by atoms with Crippen LogP contribution < -0.4 is 19.5 Å². The molecule has 0 saturated carbocycles. The number of aromatic nitrogens is 1. The lowest BCUT2D eigenvalue weighted by Gasteiger charge is -2.29. The van der Waals surface area contributed by atoms with Crippen LogP contribution in [-0.2, 0) is 24.3 Å². The van der Waals surface area contributed by atoms with Crippen molar-refractivity contribution < 1.29 is 28.4 Å². The van der Waals surface area contributed by atoms with Crippen LogP contribution in [-0.4, -0.2) is 72.8 Å². The van der Waals surface area contributed by atoms with E-state index in [0.717, 1.165) is 66.7 Å². The molecule has 9 nitrogen and oxygen atoms in total. The third-order valence-electron chi connectivity index (χ3n) is 10.4. The van der Waals surface area contributed by atoms with Gasteiger partial charge in [-0.05, 0) is 73.4 Å². The molecular formula is C42H45Cl2FN4O5. The van der Waals surface area contributed by atoms with Gasteiger partial charge >= 0.3 is 0 Å². The van der Waals surface area contributed by atoms with Gasteiger partial charge in [0.25, 0.3) is 0 Å². The maximum Gasteiger partial charge on any atom is 0.142 e. The van der Waals surface area contributed by atoms with E-state index in [0.29, 0.717) is 71.9 Å². The topological polar surface area (TPSA) is 109 Å². The summed E-state index contributed by atoms with van der Waals surface area (Å²) in [4.78, 5) is 6.46. The predicted molar refractivity (Wildman–Crippen MR) is 206 cm³/mol. The fourth-order valence-corrected chi connectivity index (χ4v) is 8.01. The Balaban J connectivity index is 1.07. The first-order valence-electron chi connectivity index (χ1n) is 18.7. The number of benzene rings is 3. The summed E-state index contributed by atoms with van der Waals surface area (Å²) in [6.45, 7) is 4.47. The predicted octanol–water partition coefficient (Wildman–Crippen LogP) is 8.01. The van der Waals surface area contributed by atoms with Crippen LogP contribution in [0.15, 0.2) is 67.0 Å². The second kappa shape index (κ2) is 18.1. The highest BCUT2D eigenvalue weighted by Crippen LogP contribution is 2.45. The first-order chi connectivity index (χ1) is 26.4. The summed E-state index contributed by atoms with van der Waals surface area (Å²) >= 11 is 13.9. The van der Waals surface area contributed by atoms with Crippen molar-refractivity contribution in [2.45, 2.75) is 76.1 Å². The zero-order valence-corrected chi connectivity index (χ0v) is 31.6. The molecule has 3 atom stereocenters. The molecule has 284 valence electrons. The van der Waals surface area contributed by atoms with E-state index in [1.54, 1.807) is 12.3 Å². The van der Waals surface area contributed by atoms with E-state index in [4.69, 9.17) is 42.1 Å². The molecule has 0 bridgehead atoms. The van der Waals surface area contributed by atoms with Crippen LogP contribution in [0.1, 0.15) is 66.0 Å². The Morgan fingerprint density at radius 2 is 1.81 bits per heavy atom. The quantitative estimate of drug-likeness (QED) is 0.123. The number of aliphatic hydroxyl groups is 1. The number of piperidine rings is 1. The highest BCUT2D eigenvalue weighted by atomic mass is 35.5.